The summed E-state index contributed by atoms with van der Waals surface area (Å²) in [5.74, 6) is -0.605. The Hall–Kier alpha value is -1.26. The summed E-state index contributed by atoms with van der Waals surface area (Å²) < 4.78 is 5.13. The number of rotatable bonds is 2. The van der Waals surface area contributed by atoms with Crippen molar-refractivity contribution in [3.05, 3.63) is 0 Å². The average Bonchev–Trinajstić information content (AvgIpc) is 2.47. The minimum Gasteiger partial charge on any atom is -0.444 e. The number of alkyl carbamates (subject to hydrolysis) is 1. The number of nitrogens with one attached hydrogen (secondary N) is 1. The van der Waals surface area contributed by atoms with E-state index in [-0.39, 0.29) is 17.9 Å². The molecule has 1 aliphatic rings. The number of carbonyl (C=O) groups is 2. The molecule has 0 unspecified atom stereocenters. The Labute approximate surface area is 95.7 Å². The van der Waals surface area contributed by atoms with E-state index in [1.807, 2.05) is 0 Å². The van der Waals surface area contributed by atoms with Crippen LogP contribution in [0, 0.1) is 5.92 Å². The zero-order valence-corrected chi connectivity index (χ0v) is 10.1. The lowest BCUT2D eigenvalue weighted by Crippen LogP contribution is -2.44. The highest BCUT2D eigenvalue weighted by Gasteiger charge is 2.33. The molecule has 0 aromatic rings. The van der Waals surface area contributed by atoms with E-state index in [2.05, 4.69) is 5.32 Å². The van der Waals surface area contributed by atoms with Gasteiger partial charge in [0.2, 0.25) is 5.91 Å². The summed E-state index contributed by atoms with van der Waals surface area (Å²) >= 11 is 0. The van der Waals surface area contributed by atoms with Crippen LogP contribution >= 0.6 is 0 Å². The van der Waals surface area contributed by atoms with E-state index in [9.17, 15) is 9.59 Å². The fourth-order valence-electron chi connectivity index (χ4n) is 1.93. The Balaban J connectivity index is 2.47. The van der Waals surface area contributed by atoms with Crippen molar-refractivity contribution in [2.75, 3.05) is 0 Å². The largest absolute Gasteiger partial charge is 0.444 e. The highest BCUT2D eigenvalue weighted by atomic mass is 16.6. The minimum atomic E-state index is -0.523. The summed E-state index contributed by atoms with van der Waals surface area (Å²) in [6.45, 7) is 5.40. The topological polar surface area (TPSA) is 81.4 Å². The van der Waals surface area contributed by atoms with E-state index in [4.69, 9.17) is 10.5 Å². The van der Waals surface area contributed by atoms with Crippen LogP contribution in [0.5, 0.6) is 0 Å². The van der Waals surface area contributed by atoms with Crippen LogP contribution in [0.2, 0.25) is 0 Å². The molecule has 0 saturated heterocycles. The van der Waals surface area contributed by atoms with Crippen LogP contribution in [0.15, 0.2) is 0 Å². The second-order valence-electron chi connectivity index (χ2n) is 5.19. The van der Waals surface area contributed by atoms with Crippen LogP contribution in [-0.4, -0.2) is 23.6 Å². The van der Waals surface area contributed by atoms with Gasteiger partial charge in [0, 0.05) is 6.04 Å². The molecule has 5 heteroatoms. The number of nitrogens with two attached hydrogens (primary N) is 1. The van der Waals surface area contributed by atoms with Gasteiger partial charge in [0.25, 0.3) is 0 Å². The standard InChI is InChI=1S/C11H20N2O3/c1-11(2,3)16-10(15)13-8-6-4-5-7(8)9(12)14/h7-8H,4-6H2,1-3H3,(H2,12,14)(H,13,15)/t7-,8-/m0/s1. The van der Waals surface area contributed by atoms with E-state index in [1.54, 1.807) is 20.8 Å². The third-order valence-corrected chi connectivity index (χ3v) is 2.58. The van der Waals surface area contributed by atoms with Crippen molar-refractivity contribution in [3.63, 3.8) is 0 Å². The predicted octanol–water partition coefficient (Wildman–Crippen LogP) is 1.17. The molecule has 1 fully saturated rings. The Morgan fingerprint density at radius 2 is 1.94 bits per heavy atom. The van der Waals surface area contributed by atoms with Gasteiger partial charge in [0.05, 0.1) is 5.92 Å². The van der Waals surface area contributed by atoms with Gasteiger partial charge in [-0.25, -0.2) is 4.79 Å². The molecule has 2 atom stereocenters. The van der Waals surface area contributed by atoms with Crippen molar-refractivity contribution in [3.8, 4) is 0 Å². The molecule has 2 amide bonds. The average molecular weight is 228 g/mol. The van der Waals surface area contributed by atoms with E-state index in [1.165, 1.54) is 0 Å². The fourth-order valence-corrected chi connectivity index (χ4v) is 1.93. The fraction of sp³-hybridized carbons (Fsp3) is 0.818. The predicted molar refractivity (Wildman–Crippen MR) is 59.7 cm³/mol. The zero-order chi connectivity index (χ0) is 12.3. The lowest BCUT2D eigenvalue weighted by molar-refractivity contribution is -0.122. The molecule has 0 aromatic carbocycles. The highest BCUT2D eigenvalue weighted by Crippen LogP contribution is 2.25. The number of hydrogen-bond acceptors (Lipinski definition) is 3. The van der Waals surface area contributed by atoms with Crippen LogP contribution in [-0.2, 0) is 9.53 Å². The van der Waals surface area contributed by atoms with Gasteiger partial charge in [-0.1, -0.05) is 6.42 Å². The van der Waals surface area contributed by atoms with Crippen molar-refractivity contribution < 1.29 is 14.3 Å². The Bertz CT molecular complexity index is 283. The number of carbonyl (C=O) groups excluding carboxylic acids is 2. The van der Waals surface area contributed by atoms with Crippen molar-refractivity contribution in [2.45, 2.75) is 51.7 Å². The maximum Gasteiger partial charge on any atom is 0.407 e. The number of amides is 2. The van der Waals surface area contributed by atoms with Gasteiger partial charge < -0.3 is 15.8 Å². The van der Waals surface area contributed by atoms with Crippen molar-refractivity contribution in [2.24, 2.45) is 11.7 Å². The summed E-state index contributed by atoms with van der Waals surface area (Å²) in [5.41, 5.74) is 4.74. The lowest BCUT2D eigenvalue weighted by Gasteiger charge is -2.23. The number of ether oxygens (including phenoxy) is 1. The smallest absolute Gasteiger partial charge is 0.407 e. The van der Waals surface area contributed by atoms with Crippen LogP contribution < -0.4 is 11.1 Å². The van der Waals surface area contributed by atoms with Gasteiger partial charge in [-0.05, 0) is 33.6 Å². The van der Waals surface area contributed by atoms with E-state index < -0.39 is 11.7 Å². The molecule has 0 radical (unpaired) electrons. The van der Waals surface area contributed by atoms with Gasteiger partial charge >= 0.3 is 6.09 Å². The molecule has 3 N–H and O–H groups in total. The molecule has 92 valence electrons. The summed E-state index contributed by atoms with van der Waals surface area (Å²) in [6, 6.07) is -0.174. The Morgan fingerprint density at radius 1 is 1.31 bits per heavy atom. The van der Waals surface area contributed by atoms with Gasteiger partial charge in [0.1, 0.15) is 5.60 Å². The summed E-state index contributed by atoms with van der Waals surface area (Å²) in [5, 5.41) is 2.70. The SMILES string of the molecule is CC(C)(C)OC(=O)N[C@H]1CCC[C@@H]1C(N)=O. The summed E-state index contributed by atoms with van der Waals surface area (Å²) in [4.78, 5) is 22.6. The van der Waals surface area contributed by atoms with E-state index in [0.29, 0.717) is 0 Å². The van der Waals surface area contributed by atoms with Crippen molar-refractivity contribution >= 4 is 12.0 Å². The monoisotopic (exact) mass is 228 g/mol. The molecule has 0 heterocycles. The second-order valence-corrected chi connectivity index (χ2v) is 5.19. The third kappa shape index (κ3) is 3.72. The molecule has 1 saturated carbocycles. The maximum absolute atomic E-state index is 11.5. The van der Waals surface area contributed by atoms with E-state index >= 15 is 0 Å². The first-order valence-electron chi connectivity index (χ1n) is 5.58. The highest BCUT2D eigenvalue weighted by molar-refractivity contribution is 5.79. The molecule has 16 heavy (non-hydrogen) atoms. The molecule has 0 aromatic heterocycles. The molecule has 1 rings (SSSR count). The van der Waals surface area contributed by atoms with Gasteiger partial charge in [0.15, 0.2) is 0 Å². The van der Waals surface area contributed by atoms with Crippen LogP contribution in [0.4, 0.5) is 4.79 Å². The Kier molecular flexibility index (Phi) is 3.78. The molecule has 5 nitrogen and oxygen atoms in total. The normalized spacial score (nSPS) is 25.2. The van der Waals surface area contributed by atoms with Crippen LogP contribution in [0.3, 0.4) is 0 Å². The van der Waals surface area contributed by atoms with Crippen LogP contribution in [0.25, 0.3) is 0 Å². The maximum atomic E-state index is 11.5. The molecule has 0 bridgehead atoms. The second kappa shape index (κ2) is 4.72. The minimum absolute atomic E-state index is 0.174. The van der Waals surface area contributed by atoms with Crippen molar-refractivity contribution in [1.29, 1.82) is 0 Å². The summed E-state index contributed by atoms with van der Waals surface area (Å²) in [6.07, 6.45) is 1.96. The first-order valence-corrected chi connectivity index (χ1v) is 5.58. The first kappa shape index (κ1) is 12.8. The molecular formula is C11H20N2O3. The van der Waals surface area contributed by atoms with Crippen molar-refractivity contribution in [1.82, 2.24) is 5.32 Å². The quantitative estimate of drug-likeness (QED) is 0.744. The van der Waals surface area contributed by atoms with Gasteiger partial charge in [-0.3, -0.25) is 4.79 Å². The van der Waals surface area contributed by atoms with E-state index in [0.717, 1.165) is 19.3 Å². The number of hydrogen-bond donors (Lipinski definition) is 2. The Morgan fingerprint density at radius 3 is 2.44 bits per heavy atom. The number of primary amides is 1. The molecular weight excluding hydrogens is 208 g/mol. The lowest BCUT2D eigenvalue weighted by atomic mass is 10.0. The third-order valence-electron chi connectivity index (χ3n) is 2.58. The van der Waals surface area contributed by atoms with Gasteiger partial charge in [-0.2, -0.15) is 0 Å². The zero-order valence-electron chi connectivity index (χ0n) is 10.1. The molecule has 0 spiro atoms. The van der Waals surface area contributed by atoms with Crippen LogP contribution in [0.1, 0.15) is 40.0 Å². The molecule has 0 aliphatic heterocycles. The first-order chi connectivity index (χ1) is 7.29. The summed E-state index contributed by atoms with van der Waals surface area (Å²) in [7, 11) is 0. The molecule has 1 aliphatic carbocycles. The van der Waals surface area contributed by atoms with Gasteiger partial charge in [-0.15, -0.1) is 0 Å².